The average Bonchev–Trinajstić information content (AvgIpc) is 3.14. The Morgan fingerprint density at radius 1 is 1.28 bits per heavy atom. The Kier molecular flexibility index (Phi) is 7.45. The number of amides is 2. The van der Waals surface area contributed by atoms with Crippen LogP contribution in [0.5, 0.6) is 5.75 Å². The van der Waals surface area contributed by atoms with E-state index >= 15 is 0 Å². The van der Waals surface area contributed by atoms with Gasteiger partial charge in [0.2, 0.25) is 5.13 Å². The van der Waals surface area contributed by atoms with Crippen LogP contribution in [0.15, 0.2) is 39.9 Å². The summed E-state index contributed by atoms with van der Waals surface area (Å²) in [5, 5.41) is 16.6. The number of halogens is 3. The molecule has 0 radical (unpaired) electrons. The van der Waals surface area contributed by atoms with Gasteiger partial charge < -0.3 is 25.4 Å². The zero-order valence-corrected chi connectivity index (χ0v) is 18.4. The van der Waals surface area contributed by atoms with E-state index in [4.69, 9.17) is 4.74 Å². The summed E-state index contributed by atoms with van der Waals surface area (Å²) >= 11 is 2.47. The van der Waals surface area contributed by atoms with Crippen LogP contribution in [0.1, 0.15) is 13.8 Å². The largest absolute Gasteiger partial charge is 0.573 e. The van der Waals surface area contributed by atoms with Gasteiger partial charge in [-0.15, -0.1) is 23.4 Å². The molecule has 3 N–H and O–H groups in total. The molecule has 3 rings (SSSR count). The normalized spacial score (nSPS) is 16.3. The second kappa shape index (κ2) is 10.1. The zero-order chi connectivity index (χ0) is 23.3. The van der Waals surface area contributed by atoms with Crippen molar-refractivity contribution in [3.8, 4) is 5.75 Å². The van der Waals surface area contributed by atoms with Gasteiger partial charge in [-0.1, -0.05) is 23.1 Å². The Balaban J connectivity index is 1.63. The number of nitrogens with one attached hydrogen (secondary N) is 3. The number of ether oxygens (including phenoxy) is 2. The van der Waals surface area contributed by atoms with Gasteiger partial charge >= 0.3 is 18.4 Å². The van der Waals surface area contributed by atoms with Crippen LogP contribution >= 0.6 is 23.1 Å². The maximum Gasteiger partial charge on any atom is 0.573 e. The lowest BCUT2D eigenvalue weighted by atomic mass is 10.1. The van der Waals surface area contributed by atoms with Gasteiger partial charge in [0.05, 0.1) is 18.2 Å². The molecule has 0 aliphatic carbocycles. The fraction of sp³-hybridized carbons (Fsp3) is 0.333. The summed E-state index contributed by atoms with van der Waals surface area (Å²) in [6.07, 6.45) is -4.76. The predicted octanol–water partition coefficient (Wildman–Crippen LogP) is 3.79. The summed E-state index contributed by atoms with van der Waals surface area (Å²) in [5.74, 6) is -0.592. The molecule has 1 atom stereocenters. The van der Waals surface area contributed by atoms with Crippen LogP contribution in [0.3, 0.4) is 0 Å². The fourth-order valence-corrected chi connectivity index (χ4v) is 4.45. The van der Waals surface area contributed by atoms with Crippen LogP contribution in [0, 0.1) is 0 Å². The molecular formula is C18H18F3N5O4S2. The van der Waals surface area contributed by atoms with E-state index < -0.39 is 24.4 Å². The van der Waals surface area contributed by atoms with E-state index in [0.717, 1.165) is 0 Å². The van der Waals surface area contributed by atoms with Gasteiger partial charge in [0.25, 0.3) is 0 Å². The van der Waals surface area contributed by atoms with E-state index in [9.17, 15) is 22.8 Å². The molecule has 1 unspecified atom stereocenters. The third-order valence-corrected chi connectivity index (χ3v) is 5.95. The standard InChI is InChI=1S/C18H18F3N5O4S2/c1-3-29-14(27)13-9(2)22-15(28)24-12(13)8-31-17-26-25-16(32-17)23-10-4-6-11(7-5-10)30-18(19,20)21/h4-7,9H,3,8H2,1-2H3,(H,23,25)(H2,22,24,28). The fourth-order valence-electron chi connectivity index (χ4n) is 2.71. The second-order valence-corrected chi connectivity index (χ2v) is 8.49. The number of carbonyl (C=O) groups excluding carboxylic acids is 2. The lowest BCUT2D eigenvalue weighted by Crippen LogP contribution is -2.49. The number of aromatic nitrogens is 2. The summed E-state index contributed by atoms with van der Waals surface area (Å²) < 4.78 is 46.2. The van der Waals surface area contributed by atoms with Gasteiger partial charge in [-0.2, -0.15) is 0 Å². The number of carbonyl (C=O) groups is 2. The van der Waals surface area contributed by atoms with Crippen LogP contribution in [-0.4, -0.2) is 47.0 Å². The van der Waals surface area contributed by atoms with Crippen molar-refractivity contribution in [1.29, 1.82) is 0 Å². The van der Waals surface area contributed by atoms with Crippen molar-refractivity contribution < 1.29 is 32.2 Å². The van der Waals surface area contributed by atoms with Crippen LogP contribution in [0.2, 0.25) is 0 Å². The molecule has 1 aromatic carbocycles. The molecule has 9 nitrogen and oxygen atoms in total. The van der Waals surface area contributed by atoms with E-state index in [1.165, 1.54) is 47.4 Å². The van der Waals surface area contributed by atoms with Gasteiger partial charge in [0, 0.05) is 17.1 Å². The molecule has 1 aliphatic rings. The maximum absolute atomic E-state index is 12.3. The number of rotatable bonds is 8. The van der Waals surface area contributed by atoms with Crippen molar-refractivity contribution in [2.75, 3.05) is 17.7 Å². The van der Waals surface area contributed by atoms with Gasteiger partial charge in [-0.25, -0.2) is 9.59 Å². The number of hydrogen-bond donors (Lipinski definition) is 3. The molecule has 1 aliphatic heterocycles. The zero-order valence-electron chi connectivity index (χ0n) is 16.8. The second-order valence-electron chi connectivity index (χ2n) is 6.29. The quantitative estimate of drug-likeness (QED) is 0.379. The molecule has 32 heavy (non-hydrogen) atoms. The molecule has 2 amide bonds. The Labute approximate surface area is 188 Å². The highest BCUT2D eigenvalue weighted by Gasteiger charge is 2.31. The topological polar surface area (TPSA) is 114 Å². The number of benzene rings is 1. The molecular weight excluding hydrogens is 471 g/mol. The van der Waals surface area contributed by atoms with Crippen molar-refractivity contribution in [1.82, 2.24) is 20.8 Å². The third-order valence-electron chi connectivity index (χ3n) is 3.95. The molecule has 0 saturated heterocycles. The van der Waals surface area contributed by atoms with E-state index in [2.05, 4.69) is 30.9 Å². The van der Waals surface area contributed by atoms with Crippen molar-refractivity contribution in [3.63, 3.8) is 0 Å². The monoisotopic (exact) mass is 489 g/mol. The average molecular weight is 490 g/mol. The van der Waals surface area contributed by atoms with Crippen molar-refractivity contribution >= 4 is 45.9 Å². The number of nitrogens with zero attached hydrogens (tertiary/aromatic N) is 2. The summed E-state index contributed by atoms with van der Waals surface area (Å²) in [6, 6.07) is 4.26. The smallest absolute Gasteiger partial charge is 0.463 e. The minimum Gasteiger partial charge on any atom is -0.463 e. The van der Waals surface area contributed by atoms with Crippen molar-refractivity contribution in [3.05, 3.63) is 35.5 Å². The number of thioether (sulfide) groups is 1. The van der Waals surface area contributed by atoms with Gasteiger partial charge in [-0.3, -0.25) is 0 Å². The molecule has 2 aromatic rings. The lowest BCUT2D eigenvalue weighted by Gasteiger charge is -2.26. The highest BCUT2D eigenvalue weighted by molar-refractivity contribution is 8.01. The number of esters is 1. The number of urea groups is 1. The molecule has 0 spiro atoms. The van der Waals surface area contributed by atoms with E-state index in [1.54, 1.807) is 13.8 Å². The summed E-state index contributed by atoms with van der Waals surface area (Å²) in [5.41, 5.74) is 1.26. The first kappa shape index (κ1) is 23.7. The van der Waals surface area contributed by atoms with Gasteiger partial charge in [0.15, 0.2) is 4.34 Å². The Hall–Kier alpha value is -3.00. The molecule has 172 valence electrons. The first-order chi connectivity index (χ1) is 15.1. The van der Waals surface area contributed by atoms with Crippen molar-refractivity contribution in [2.24, 2.45) is 0 Å². The van der Waals surface area contributed by atoms with Crippen LogP contribution in [-0.2, 0) is 9.53 Å². The van der Waals surface area contributed by atoms with E-state index in [-0.39, 0.29) is 18.1 Å². The molecule has 1 aromatic heterocycles. The minimum atomic E-state index is -4.76. The minimum absolute atomic E-state index is 0.207. The predicted molar refractivity (Wildman–Crippen MR) is 112 cm³/mol. The van der Waals surface area contributed by atoms with Crippen LogP contribution < -0.4 is 20.7 Å². The molecule has 0 fully saturated rings. The van der Waals surface area contributed by atoms with E-state index in [1.807, 2.05) is 0 Å². The number of alkyl halides is 3. The Bertz CT molecular complexity index is 1010. The van der Waals surface area contributed by atoms with Gasteiger partial charge in [-0.05, 0) is 38.1 Å². The highest BCUT2D eigenvalue weighted by Crippen LogP contribution is 2.31. The SMILES string of the molecule is CCOC(=O)C1=C(CSc2nnc(Nc3ccc(OC(F)(F)F)cc3)s2)NC(=O)NC1C. The first-order valence-corrected chi connectivity index (χ1v) is 11.0. The lowest BCUT2D eigenvalue weighted by molar-refractivity contribution is -0.274. The van der Waals surface area contributed by atoms with E-state index in [0.29, 0.717) is 26.4 Å². The highest BCUT2D eigenvalue weighted by atomic mass is 32.2. The summed E-state index contributed by atoms with van der Waals surface area (Å²) in [6.45, 7) is 3.59. The maximum atomic E-state index is 12.3. The van der Waals surface area contributed by atoms with Crippen LogP contribution in [0.25, 0.3) is 0 Å². The van der Waals surface area contributed by atoms with Crippen molar-refractivity contribution in [2.45, 2.75) is 30.6 Å². The molecule has 2 heterocycles. The first-order valence-electron chi connectivity index (χ1n) is 9.21. The number of hydrogen-bond acceptors (Lipinski definition) is 9. The molecule has 14 heteroatoms. The Morgan fingerprint density at radius 2 is 2.00 bits per heavy atom. The van der Waals surface area contributed by atoms with Crippen LogP contribution in [0.4, 0.5) is 28.8 Å². The van der Waals surface area contributed by atoms with Gasteiger partial charge in [0.1, 0.15) is 5.75 Å². The summed E-state index contributed by atoms with van der Waals surface area (Å²) in [4.78, 5) is 24.1. The number of anilines is 2. The molecule has 0 saturated carbocycles. The third kappa shape index (κ3) is 6.50. The molecule has 0 bridgehead atoms. The Morgan fingerprint density at radius 3 is 2.66 bits per heavy atom. The summed E-state index contributed by atoms with van der Waals surface area (Å²) in [7, 11) is 0.